The number of aliphatic imine (C=N–C) groups is 1. The number of ether oxygens (including phenoxy) is 3. The number of nitrogens with zero attached hydrogens (tertiary/aromatic N) is 1. The number of methoxy groups -OCH3 is 1. The van der Waals surface area contributed by atoms with Crippen molar-refractivity contribution in [3.8, 4) is 11.5 Å². The minimum atomic E-state index is -0.588. The van der Waals surface area contributed by atoms with E-state index in [-0.39, 0.29) is 17.3 Å². The highest BCUT2D eigenvalue weighted by atomic mass is 79.9. The zero-order chi connectivity index (χ0) is 22.7. The molecule has 160 valence electrons. The monoisotopic (exact) mass is 555 g/mol. The lowest BCUT2D eigenvalue weighted by Gasteiger charge is -2.09. The lowest BCUT2D eigenvalue weighted by molar-refractivity contribution is -0.129. The maximum absolute atomic E-state index is 12.6. The predicted octanol–water partition coefficient (Wildman–Crippen LogP) is 5.78. The summed E-state index contributed by atoms with van der Waals surface area (Å²) in [5.74, 6) is -0.00469. The molecule has 8 heteroatoms. The molecule has 0 aromatic heterocycles. The van der Waals surface area contributed by atoms with Gasteiger partial charge in [-0.2, -0.15) is 0 Å². The van der Waals surface area contributed by atoms with Gasteiger partial charge in [-0.25, -0.2) is 14.6 Å². The van der Waals surface area contributed by atoms with Crippen LogP contribution in [0.25, 0.3) is 6.08 Å². The first-order valence-corrected chi connectivity index (χ1v) is 11.0. The van der Waals surface area contributed by atoms with E-state index in [1.54, 1.807) is 61.7 Å². The van der Waals surface area contributed by atoms with E-state index in [0.29, 0.717) is 22.4 Å². The Hall–Kier alpha value is -3.23. The molecule has 6 nitrogen and oxygen atoms in total. The first kappa shape index (κ1) is 22.0. The summed E-state index contributed by atoms with van der Waals surface area (Å²) in [5.41, 5.74) is 1.63. The first-order valence-electron chi connectivity index (χ1n) is 9.37. The van der Waals surface area contributed by atoms with Crippen LogP contribution in [0.15, 0.2) is 86.4 Å². The molecule has 3 aromatic rings. The standard InChI is InChI=1S/C24H15Br2NO5/c1-30-19-9-4-15(5-10-19)23(28)31-21-11-8-18(26)12-16(21)13-20-24(29)32-22(27-20)14-2-6-17(25)7-3-14/h2-13H,1H3/b20-13+. The van der Waals surface area contributed by atoms with Gasteiger partial charge in [-0.1, -0.05) is 31.9 Å². The Morgan fingerprint density at radius 1 is 0.969 bits per heavy atom. The van der Waals surface area contributed by atoms with Crippen LogP contribution in [0, 0.1) is 0 Å². The van der Waals surface area contributed by atoms with Crippen LogP contribution in [-0.2, 0) is 9.53 Å². The molecule has 1 heterocycles. The van der Waals surface area contributed by atoms with E-state index in [4.69, 9.17) is 14.2 Å². The minimum Gasteiger partial charge on any atom is -0.497 e. The van der Waals surface area contributed by atoms with Crippen LogP contribution in [0.5, 0.6) is 11.5 Å². The number of benzene rings is 3. The SMILES string of the molecule is COc1ccc(C(=O)Oc2ccc(Br)cc2/C=C2/N=C(c3ccc(Br)cc3)OC2=O)cc1. The maximum Gasteiger partial charge on any atom is 0.363 e. The Labute approximate surface area is 200 Å². The summed E-state index contributed by atoms with van der Waals surface area (Å²) in [5, 5.41) is 0. The number of rotatable bonds is 5. The summed E-state index contributed by atoms with van der Waals surface area (Å²) in [7, 11) is 1.55. The average molecular weight is 557 g/mol. The van der Waals surface area contributed by atoms with Gasteiger partial charge in [-0.15, -0.1) is 0 Å². The summed E-state index contributed by atoms with van der Waals surface area (Å²) in [6.07, 6.45) is 1.52. The number of cyclic esters (lactones) is 1. The number of halogens is 2. The van der Waals surface area contributed by atoms with E-state index < -0.39 is 11.9 Å². The molecule has 0 saturated heterocycles. The lowest BCUT2D eigenvalue weighted by atomic mass is 10.1. The van der Waals surface area contributed by atoms with Gasteiger partial charge in [0, 0.05) is 20.1 Å². The minimum absolute atomic E-state index is 0.0998. The first-order chi connectivity index (χ1) is 15.4. The maximum atomic E-state index is 12.6. The Morgan fingerprint density at radius 3 is 2.34 bits per heavy atom. The molecule has 1 aliphatic heterocycles. The molecular formula is C24H15Br2NO5. The normalized spacial score (nSPS) is 14.2. The summed E-state index contributed by atoms with van der Waals surface area (Å²) in [6.45, 7) is 0. The van der Waals surface area contributed by atoms with Gasteiger partial charge in [0.2, 0.25) is 5.90 Å². The quantitative estimate of drug-likeness (QED) is 0.226. The second kappa shape index (κ2) is 9.50. The van der Waals surface area contributed by atoms with Crippen LogP contribution >= 0.6 is 31.9 Å². The number of carbonyl (C=O) groups is 2. The lowest BCUT2D eigenvalue weighted by Crippen LogP contribution is -2.09. The highest BCUT2D eigenvalue weighted by Crippen LogP contribution is 2.29. The smallest absolute Gasteiger partial charge is 0.363 e. The summed E-state index contributed by atoms with van der Waals surface area (Å²) in [6, 6.07) is 18.9. The van der Waals surface area contributed by atoms with Crippen molar-refractivity contribution in [1.29, 1.82) is 0 Å². The zero-order valence-corrected chi connectivity index (χ0v) is 19.8. The molecule has 0 unspecified atom stereocenters. The third-order valence-corrected chi connectivity index (χ3v) is 5.53. The molecule has 0 aliphatic carbocycles. The number of hydrogen-bond donors (Lipinski definition) is 0. The second-order valence-electron chi connectivity index (χ2n) is 6.64. The highest BCUT2D eigenvalue weighted by molar-refractivity contribution is 9.10. The van der Waals surface area contributed by atoms with Crippen LogP contribution < -0.4 is 9.47 Å². The van der Waals surface area contributed by atoms with E-state index in [9.17, 15) is 9.59 Å². The van der Waals surface area contributed by atoms with Gasteiger partial charge < -0.3 is 14.2 Å². The van der Waals surface area contributed by atoms with Crippen LogP contribution in [0.3, 0.4) is 0 Å². The molecule has 0 saturated carbocycles. The van der Waals surface area contributed by atoms with Crippen molar-refractivity contribution in [2.24, 2.45) is 4.99 Å². The van der Waals surface area contributed by atoms with Crippen LogP contribution in [0.4, 0.5) is 0 Å². The van der Waals surface area contributed by atoms with Crippen molar-refractivity contribution in [1.82, 2.24) is 0 Å². The van der Waals surface area contributed by atoms with Crippen molar-refractivity contribution in [2.45, 2.75) is 0 Å². The molecule has 32 heavy (non-hydrogen) atoms. The van der Waals surface area contributed by atoms with E-state index in [1.807, 2.05) is 12.1 Å². The van der Waals surface area contributed by atoms with Crippen molar-refractivity contribution >= 4 is 55.8 Å². The fourth-order valence-corrected chi connectivity index (χ4v) is 3.53. The Bertz CT molecular complexity index is 1250. The van der Waals surface area contributed by atoms with Crippen molar-refractivity contribution in [3.05, 3.63) is 98.1 Å². The molecule has 4 rings (SSSR count). The molecule has 1 aliphatic rings. The second-order valence-corrected chi connectivity index (χ2v) is 8.47. The van der Waals surface area contributed by atoms with Gasteiger partial charge >= 0.3 is 11.9 Å². The molecule has 0 radical (unpaired) electrons. The molecule has 0 bridgehead atoms. The van der Waals surface area contributed by atoms with Crippen molar-refractivity contribution < 1.29 is 23.8 Å². The fourth-order valence-electron chi connectivity index (χ4n) is 2.88. The van der Waals surface area contributed by atoms with Crippen LogP contribution in [0.2, 0.25) is 0 Å². The molecule has 3 aromatic carbocycles. The number of hydrogen-bond acceptors (Lipinski definition) is 6. The average Bonchev–Trinajstić information content (AvgIpc) is 3.16. The highest BCUT2D eigenvalue weighted by Gasteiger charge is 2.25. The van der Waals surface area contributed by atoms with Gasteiger partial charge in [0.05, 0.1) is 12.7 Å². The van der Waals surface area contributed by atoms with Gasteiger partial charge in [0.1, 0.15) is 11.5 Å². The predicted molar refractivity (Wildman–Crippen MR) is 127 cm³/mol. The van der Waals surface area contributed by atoms with Gasteiger partial charge in [-0.05, 0) is 72.8 Å². The molecule has 0 amide bonds. The van der Waals surface area contributed by atoms with Gasteiger partial charge in [0.25, 0.3) is 0 Å². The summed E-state index contributed by atoms with van der Waals surface area (Å²) in [4.78, 5) is 29.3. The van der Waals surface area contributed by atoms with Crippen LogP contribution in [-0.4, -0.2) is 24.9 Å². The third kappa shape index (κ3) is 4.98. The van der Waals surface area contributed by atoms with Gasteiger partial charge in [-0.3, -0.25) is 0 Å². The van der Waals surface area contributed by atoms with E-state index in [1.165, 1.54) is 6.08 Å². The molecule has 0 atom stereocenters. The Kier molecular flexibility index (Phi) is 6.53. The molecule has 0 spiro atoms. The zero-order valence-electron chi connectivity index (χ0n) is 16.7. The number of carbonyl (C=O) groups excluding carboxylic acids is 2. The largest absolute Gasteiger partial charge is 0.497 e. The van der Waals surface area contributed by atoms with E-state index >= 15 is 0 Å². The van der Waals surface area contributed by atoms with Crippen molar-refractivity contribution in [2.75, 3.05) is 7.11 Å². The van der Waals surface area contributed by atoms with E-state index in [2.05, 4.69) is 36.9 Å². The summed E-state index contributed by atoms with van der Waals surface area (Å²) < 4.78 is 17.6. The van der Waals surface area contributed by atoms with E-state index in [0.717, 1.165) is 8.95 Å². The molecule has 0 N–H and O–H groups in total. The summed E-state index contributed by atoms with van der Waals surface area (Å²) >= 11 is 6.77. The third-order valence-electron chi connectivity index (χ3n) is 4.50. The Morgan fingerprint density at radius 2 is 1.66 bits per heavy atom. The molecule has 0 fully saturated rings. The van der Waals surface area contributed by atoms with Crippen molar-refractivity contribution in [3.63, 3.8) is 0 Å². The van der Waals surface area contributed by atoms with Gasteiger partial charge in [0.15, 0.2) is 5.70 Å². The fraction of sp³-hybridized carbons (Fsp3) is 0.0417. The topological polar surface area (TPSA) is 74.2 Å². The number of esters is 2. The Balaban J connectivity index is 1.63. The molecular weight excluding hydrogens is 542 g/mol. The van der Waals surface area contributed by atoms with Crippen LogP contribution in [0.1, 0.15) is 21.5 Å².